The van der Waals surface area contributed by atoms with Crippen molar-refractivity contribution in [3.05, 3.63) is 83.4 Å². The van der Waals surface area contributed by atoms with E-state index in [2.05, 4.69) is 10.0 Å². The highest BCUT2D eigenvalue weighted by atomic mass is 32.2. The fourth-order valence-electron chi connectivity index (χ4n) is 3.73. The summed E-state index contributed by atoms with van der Waals surface area (Å²) in [6, 6.07) is 18.5. The standard InChI is InChI=1S/C26H31N3O5S2/c1-19-7-5-8-23(18-19)29(35(4,31)32)16-6-9-26(30)27-22-11-13-24(14-12-22)36(33,34)28-25-15-10-20(2)17-21(25)3/h5,7-8,10-15,17-18,28H,6,9,16H2,1-4H3,(H,27,30). The number of amides is 1. The van der Waals surface area contributed by atoms with Crippen LogP contribution in [0.5, 0.6) is 0 Å². The van der Waals surface area contributed by atoms with Gasteiger partial charge in [-0.1, -0.05) is 29.8 Å². The maximum absolute atomic E-state index is 12.7. The smallest absolute Gasteiger partial charge is 0.261 e. The van der Waals surface area contributed by atoms with Crippen LogP contribution in [-0.4, -0.2) is 35.5 Å². The molecule has 3 aromatic carbocycles. The van der Waals surface area contributed by atoms with Crippen LogP contribution in [0.25, 0.3) is 0 Å². The van der Waals surface area contributed by atoms with Crippen LogP contribution in [0.15, 0.2) is 71.6 Å². The average molecular weight is 530 g/mol. The lowest BCUT2D eigenvalue weighted by molar-refractivity contribution is -0.116. The van der Waals surface area contributed by atoms with Gasteiger partial charge in [-0.25, -0.2) is 16.8 Å². The van der Waals surface area contributed by atoms with Crippen molar-refractivity contribution in [2.75, 3.05) is 27.1 Å². The summed E-state index contributed by atoms with van der Waals surface area (Å²) in [5.41, 5.74) is 4.31. The fraction of sp³-hybridized carbons (Fsp3) is 0.269. The van der Waals surface area contributed by atoms with E-state index in [9.17, 15) is 21.6 Å². The van der Waals surface area contributed by atoms with Crippen molar-refractivity contribution in [1.82, 2.24) is 0 Å². The van der Waals surface area contributed by atoms with E-state index in [-0.39, 0.29) is 23.8 Å². The van der Waals surface area contributed by atoms with E-state index in [0.717, 1.165) is 22.9 Å². The lowest BCUT2D eigenvalue weighted by Gasteiger charge is -2.22. The molecule has 192 valence electrons. The Kier molecular flexibility index (Phi) is 8.42. The number of anilines is 3. The van der Waals surface area contributed by atoms with Gasteiger partial charge in [-0.05, 0) is 80.8 Å². The Morgan fingerprint density at radius 2 is 1.53 bits per heavy atom. The summed E-state index contributed by atoms with van der Waals surface area (Å²) >= 11 is 0. The molecular weight excluding hydrogens is 498 g/mol. The molecular formula is C26H31N3O5S2. The molecule has 0 atom stereocenters. The largest absolute Gasteiger partial charge is 0.326 e. The molecule has 0 bridgehead atoms. The predicted molar refractivity (Wildman–Crippen MR) is 144 cm³/mol. The molecule has 0 fully saturated rings. The second-order valence-electron chi connectivity index (χ2n) is 8.77. The Hall–Kier alpha value is -3.37. The first-order valence-corrected chi connectivity index (χ1v) is 14.7. The van der Waals surface area contributed by atoms with E-state index in [4.69, 9.17) is 0 Å². The monoisotopic (exact) mass is 529 g/mol. The molecule has 10 heteroatoms. The molecule has 3 rings (SSSR count). The maximum atomic E-state index is 12.7. The molecule has 0 spiro atoms. The van der Waals surface area contributed by atoms with Crippen molar-refractivity contribution in [1.29, 1.82) is 0 Å². The molecule has 0 heterocycles. The van der Waals surface area contributed by atoms with E-state index in [0.29, 0.717) is 23.5 Å². The second kappa shape index (κ2) is 11.1. The van der Waals surface area contributed by atoms with Gasteiger partial charge in [-0.2, -0.15) is 0 Å². The number of nitrogens with zero attached hydrogens (tertiary/aromatic N) is 1. The van der Waals surface area contributed by atoms with Gasteiger partial charge in [-0.3, -0.25) is 13.8 Å². The number of carbonyl (C=O) groups is 1. The minimum Gasteiger partial charge on any atom is -0.326 e. The van der Waals surface area contributed by atoms with Gasteiger partial charge in [-0.15, -0.1) is 0 Å². The highest BCUT2D eigenvalue weighted by Gasteiger charge is 2.18. The topological polar surface area (TPSA) is 113 Å². The van der Waals surface area contributed by atoms with Gasteiger partial charge in [0.2, 0.25) is 15.9 Å². The Bertz CT molecular complexity index is 1450. The minimum atomic E-state index is -3.79. The quantitative estimate of drug-likeness (QED) is 0.399. The molecule has 3 aromatic rings. The first-order chi connectivity index (χ1) is 16.8. The summed E-state index contributed by atoms with van der Waals surface area (Å²) in [5, 5.41) is 2.72. The SMILES string of the molecule is Cc1cccc(N(CCCC(=O)Nc2ccc(S(=O)(=O)Nc3ccc(C)cc3C)cc2)S(C)(=O)=O)c1. The molecule has 0 aromatic heterocycles. The maximum Gasteiger partial charge on any atom is 0.261 e. The van der Waals surface area contributed by atoms with E-state index in [1.165, 1.54) is 28.6 Å². The number of rotatable bonds is 10. The van der Waals surface area contributed by atoms with Crippen LogP contribution in [0.3, 0.4) is 0 Å². The Morgan fingerprint density at radius 1 is 0.861 bits per heavy atom. The molecule has 0 radical (unpaired) electrons. The summed E-state index contributed by atoms with van der Waals surface area (Å²) in [6.45, 7) is 5.81. The number of carbonyl (C=O) groups excluding carboxylic acids is 1. The van der Waals surface area contributed by atoms with Gasteiger partial charge >= 0.3 is 0 Å². The third kappa shape index (κ3) is 7.32. The second-order valence-corrected chi connectivity index (χ2v) is 12.4. The molecule has 0 saturated heterocycles. The zero-order valence-electron chi connectivity index (χ0n) is 20.8. The van der Waals surface area contributed by atoms with Crippen LogP contribution >= 0.6 is 0 Å². The summed E-state index contributed by atoms with van der Waals surface area (Å²) in [5.74, 6) is -0.295. The molecule has 2 N–H and O–H groups in total. The summed E-state index contributed by atoms with van der Waals surface area (Å²) in [6.07, 6.45) is 1.56. The van der Waals surface area contributed by atoms with Crippen molar-refractivity contribution >= 4 is 43.0 Å². The van der Waals surface area contributed by atoms with Gasteiger partial charge in [0.05, 0.1) is 22.5 Å². The van der Waals surface area contributed by atoms with E-state index in [1.54, 1.807) is 24.3 Å². The molecule has 1 amide bonds. The first-order valence-electron chi connectivity index (χ1n) is 11.4. The predicted octanol–water partition coefficient (Wildman–Crippen LogP) is 4.60. The number of nitrogens with one attached hydrogen (secondary N) is 2. The number of benzene rings is 3. The molecule has 0 saturated carbocycles. The minimum absolute atomic E-state index is 0.0717. The third-order valence-corrected chi connectivity index (χ3v) is 8.11. The van der Waals surface area contributed by atoms with Gasteiger partial charge in [0.1, 0.15) is 0 Å². The summed E-state index contributed by atoms with van der Waals surface area (Å²) in [4.78, 5) is 12.5. The van der Waals surface area contributed by atoms with E-state index in [1.807, 2.05) is 39.0 Å². The first kappa shape index (κ1) is 27.2. The van der Waals surface area contributed by atoms with Crippen LogP contribution in [0, 0.1) is 20.8 Å². The highest BCUT2D eigenvalue weighted by molar-refractivity contribution is 7.92. The molecule has 0 aliphatic heterocycles. The van der Waals surface area contributed by atoms with Crippen molar-refractivity contribution in [3.8, 4) is 0 Å². The zero-order chi connectivity index (χ0) is 26.5. The number of sulfonamides is 2. The lowest BCUT2D eigenvalue weighted by Crippen LogP contribution is -2.31. The molecule has 0 aliphatic rings. The van der Waals surface area contributed by atoms with Crippen molar-refractivity contribution in [2.45, 2.75) is 38.5 Å². The normalized spacial score (nSPS) is 11.7. The van der Waals surface area contributed by atoms with E-state index >= 15 is 0 Å². The van der Waals surface area contributed by atoms with Gasteiger partial charge < -0.3 is 5.32 Å². The van der Waals surface area contributed by atoms with Crippen molar-refractivity contribution < 1.29 is 21.6 Å². The summed E-state index contributed by atoms with van der Waals surface area (Å²) in [7, 11) is -7.29. The lowest BCUT2D eigenvalue weighted by atomic mass is 10.1. The van der Waals surface area contributed by atoms with Crippen LogP contribution in [0.1, 0.15) is 29.5 Å². The highest BCUT2D eigenvalue weighted by Crippen LogP contribution is 2.22. The van der Waals surface area contributed by atoms with Crippen molar-refractivity contribution in [3.63, 3.8) is 0 Å². The number of aryl methyl sites for hydroxylation is 3. The van der Waals surface area contributed by atoms with Crippen LogP contribution in [-0.2, 0) is 24.8 Å². The molecule has 8 nitrogen and oxygen atoms in total. The number of hydrogen-bond donors (Lipinski definition) is 2. The molecule has 0 unspecified atom stereocenters. The molecule has 36 heavy (non-hydrogen) atoms. The van der Waals surface area contributed by atoms with Crippen LogP contribution < -0.4 is 14.3 Å². The van der Waals surface area contributed by atoms with E-state index < -0.39 is 20.0 Å². The average Bonchev–Trinajstić information content (AvgIpc) is 2.78. The Morgan fingerprint density at radius 3 is 2.14 bits per heavy atom. The van der Waals surface area contributed by atoms with Crippen molar-refractivity contribution in [2.24, 2.45) is 0 Å². The molecule has 0 aliphatic carbocycles. The van der Waals surface area contributed by atoms with Gasteiger partial charge in [0.15, 0.2) is 0 Å². The number of hydrogen-bond acceptors (Lipinski definition) is 5. The zero-order valence-corrected chi connectivity index (χ0v) is 22.4. The van der Waals surface area contributed by atoms with Crippen LogP contribution in [0.4, 0.5) is 17.1 Å². The van der Waals surface area contributed by atoms with Crippen LogP contribution in [0.2, 0.25) is 0 Å². The third-order valence-electron chi connectivity index (χ3n) is 5.53. The summed E-state index contributed by atoms with van der Waals surface area (Å²) < 4.78 is 53.9. The fourth-order valence-corrected chi connectivity index (χ4v) is 5.81. The van der Waals surface area contributed by atoms with Gasteiger partial charge in [0, 0.05) is 18.7 Å². The van der Waals surface area contributed by atoms with Gasteiger partial charge in [0.25, 0.3) is 10.0 Å². The Balaban J connectivity index is 1.58. The Labute approximate surface area is 213 Å².